The summed E-state index contributed by atoms with van der Waals surface area (Å²) in [6.45, 7) is 1.52. The maximum absolute atomic E-state index is 5.80. The van der Waals surface area contributed by atoms with Crippen LogP contribution in [0.3, 0.4) is 0 Å². The minimum Gasteiger partial charge on any atom is -0.497 e. The van der Waals surface area contributed by atoms with Crippen LogP contribution in [0.25, 0.3) is 0 Å². The van der Waals surface area contributed by atoms with E-state index in [1.807, 2.05) is 18.2 Å². The van der Waals surface area contributed by atoms with Crippen LogP contribution in [0.5, 0.6) is 11.5 Å². The SMILES string of the molecule is COc1ccc(C(N)=S)c(OCCN(C)C2CC2)c1. The first-order valence-corrected chi connectivity index (χ1v) is 6.83. The average molecular weight is 280 g/mol. The molecule has 1 aromatic carbocycles. The second-order valence-corrected chi connectivity index (χ2v) is 5.23. The fourth-order valence-electron chi connectivity index (χ4n) is 1.95. The molecule has 2 N–H and O–H groups in total. The van der Waals surface area contributed by atoms with Gasteiger partial charge in [0.2, 0.25) is 0 Å². The summed E-state index contributed by atoms with van der Waals surface area (Å²) in [5.41, 5.74) is 6.45. The first-order valence-electron chi connectivity index (χ1n) is 6.42. The first kappa shape index (κ1) is 14.1. The molecule has 0 aliphatic heterocycles. The number of methoxy groups -OCH3 is 1. The maximum Gasteiger partial charge on any atom is 0.133 e. The summed E-state index contributed by atoms with van der Waals surface area (Å²) >= 11 is 5.03. The molecule has 1 aromatic rings. The lowest BCUT2D eigenvalue weighted by molar-refractivity contribution is 0.231. The molecule has 0 saturated heterocycles. The van der Waals surface area contributed by atoms with Crippen molar-refractivity contribution in [1.82, 2.24) is 4.90 Å². The van der Waals surface area contributed by atoms with E-state index in [-0.39, 0.29) is 0 Å². The fourth-order valence-corrected chi connectivity index (χ4v) is 2.12. The highest BCUT2D eigenvalue weighted by molar-refractivity contribution is 7.80. The minimum absolute atomic E-state index is 0.341. The van der Waals surface area contributed by atoms with Gasteiger partial charge in [0.15, 0.2) is 0 Å². The van der Waals surface area contributed by atoms with Crippen LogP contribution in [0.4, 0.5) is 0 Å². The molecular weight excluding hydrogens is 260 g/mol. The van der Waals surface area contributed by atoms with Crippen molar-refractivity contribution < 1.29 is 9.47 Å². The summed E-state index contributed by atoms with van der Waals surface area (Å²) < 4.78 is 11.0. The van der Waals surface area contributed by atoms with E-state index in [9.17, 15) is 0 Å². The van der Waals surface area contributed by atoms with Gasteiger partial charge in [-0.25, -0.2) is 0 Å². The van der Waals surface area contributed by atoms with Gasteiger partial charge in [-0.05, 0) is 32.0 Å². The lowest BCUT2D eigenvalue weighted by Crippen LogP contribution is -2.26. The van der Waals surface area contributed by atoms with Gasteiger partial charge in [-0.3, -0.25) is 0 Å². The fraction of sp³-hybridized carbons (Fsp3) is 0.500. The number of benzene rings is 1. The zero-order valence-electron chi connectivity index (χ0n) is 11.4. The van der Waals surface area contributed by atoms with Gasteiger partial charge >= 0.3 is 0 Å². The molecule has 1 aliphatic carbocycles. The van der Waals surface area contributed by atoms with E-state index in [0.29, 0.717) is 17.3 Å². The van der Waals surface area contributed by atoms with Crippen molar-refractivity contribution in [1.29, 1.82) is 0 Å². The van der Waals surface area contributed by atoms with Crippen molar-refractivity contribution >= 4 is 17.2 Å². The highest BCUT2D eigenvalue weighted by atomic mass is 32.1. The van der Waals surface area contributed by atoms with Gasteiger partial charge in [0, 0.05) is 18.7 Å². The second-order valence-electron chi connectivity index (χ2n) is 4.79. The molecule has 0 aromatic heterocycles. The number of nitrogens with zero attached hydrogens (tertiary/aromatic N) is 1. The monoisotopic (exact) mass is 280 g/mol. The molecule has 0 spiro atoms. The zero-order valence-corrected chi connectivity index (χ0v) is 12.2. The second kappa shape index (κ2) is 6.21. The van der Waals surface area contributed by atoms with Gasteiger partial charge < -0.3 is 20.1 Å². The largest absolute Gasteiger partial charge is 0.497 e. The predicted octanol–water partition coefficient (Wildman–Crippen LogP) is 1.80. The molecule has 1 saturated carbocycles. The van der Waals surface area contributed by atoms with Crippen molar-refractivity contribution in [3.8, 4) is 11.5 Å². The third kappa shape index (κ3) is 3.81. The van der Waals surface area contributed by atoms with Crippen molar-refractivity contribution in [3.05, 3.63) is 23.8 Å². The first-order chi connectivity index (χ1) is 9.11. The molecule has 0 unspecified atom stereocenters. The van der Waals surface area contributed by atoms with Crippen LogP contribution >= 0.6 is 12.2 Å². The lowest BCUT2D eigenvalue weighted by Gasteiger charge is -2.17. The number of nitrogens with two attached hydrogens (primary N) is 1. The Balaban J connectivity index is 1.98. The molecule has 2 rings (SSSR count). The Kier molecular flexibility index (Phi) is 4.61. The third-order valence-electron chi connectivity index (χ3n) is 3.33. The van der Waals surface area contributed by atoms with E-state index in [4.69, 9.17) is 27.4 Å². The summed E-state index contributed by atoms with van der Waals surface area (Å²) in [6.07, 6.45) is 2.60. The average Bonchev–Trinajstić information content (AvgIpc) is 3.22. The normalized spacial score (nSPS) is 14.5. The predicted molar refractivity (Wildman–Crippen MR) is 80.0 cm³/mol. The van der Waals surface area contributed by atoms with Crippen LogP contribution in [-0.4, -0.2) is 43.2 Å². The number of hydrogen-bond acceptors (Lipinski definition) is 4. The molecule has 104 valence electrons. The molecule has 1 fully saturated rings. The molecule has 19 heavy (non-hydrogen) atoms. The number of rotatable bonds is 7. The van der Waals surface area contributed by atoms with Crippen LogP contribution in [-0.2, 0) is 0 Å². The van der Waals surface area contributed by atoms with E-state index in [1.165, 1.54) is 12.8 Å². The molecule has 0 radical (unpaired) electrons. The van der Waals surface area contributed by atoms with Gasteiger partial charge in [-0.2, -0.15) is 0 Å². The van der Waals surface area contributed by atoms with Gasteiger partial charge in [-0.15, -0.1) is 0 Å². The summed E-state index contributed by atoms with van der Waals surface area (Å²) in [5.74, 6) is 1.43. The van der Waals surface area contributed by atoms with E-state index in [1.54, 1.807) is 7.11 Å². The van der Waals surface area contributed by atoms with Crippen LogP contribution in [0, 0.1) is 0 Å². The Morgan fingerprint density at radius 2 is 2.21 bits per heavy atom. The highest BCUT2D eigenvalue weighted by Gasteiger charge is 2.25. The standard InChI is InChI=1S/C14H20N2O2S/c1-16(10-3-4-10)7-8-18-13-9-11(17-2)5-6-12(13)14(15)19/h5-6,9-10H,3-4,7-8H2,1-2H3,(H2,15,19). The number of thiocarbonyl (C=S) groups is 1. The molecule has 1 aliphatic rings. The Labute approximate surface area is 119 Å². The van der Waals surface area contributed by atoms with Crippen molar-refractivity contribution in [2.45, 2.75) is 18.9 Å². The maximum atomic E-state index is 5.80. The molecule has 0 heterocycles. The third-order valence-corrected chi connectivity index (χ3v) is 3.55. The van der Waals surface area contributed by atoms with Crippen molar-refractivity contribution in [3.63, 3.8) is 0 Å². The Hall–Kier alpha value is -1.33. The summed E-state index contributed by atoms with van der Waals surface area (Å²) in [4.78, 5) is 2.66. The molecule has 4 nitrogen and oxygen atoms in total. The number of likely N-dealkylation sites (N-methyl/N-ethyl adjacent to an activating group) is 1. The van der Waals surface area contributed by atoms with Crippen molar-refractivity contribution in [2.75, 3.05) is 27.3 Å². The summed E-state index contributed by atoms with van der Waals surface area (Å²) in [7, 11) is 3.75. The van der Waals surface area contributed by atoms with E-state index < -0.39 is 0 Å². The molecule has 0 atom stereocenters. The van der Waals surface area contributed by atoms with Crippen LogP contribution in [0.1, 0.15) is 18.4 Å². The lowest BCUT2D eigenvalue weighted by atomic mass is 10.2. The minimum atomic E-state index is 0.341. The van der Waals surface area contributed by atoms with Crippen LogP contribution < -0.4 is 15.2 Å². The molecular formula is C14H20N2O2S. The van der Waals surface area contributed by atoms with Crippen LogP contribution in [0.2, 0.25) is 0 Å². The molecule has 5 heteroatoms. The topological polar surface area (TPSA) is 47.7 Å². The number of hydrogen-bond donors (Lipinski definition) is 1. The van der Waals surface area contributed by atoms with Gasteiger partial charge in [0.1, 0.15) is 23.1 Å². The van der Waals surface area contributed by atoms with E-state index in [2.05, 4.69) is 11.9 Å². The smallest absolute Gasteiger partial charge is 0.133 e. The van der Waals surface area contributed by atoms with Crippen LogP contribution in [0.15, 0.2) is 18.2 Å². The van der Waals surface area contributed by atoms with E-state index >= 15 is 0 Å². The number of ether oxygens (including phenoxy) is 2. The van der Waals surface area contributed by atoms with Gasteiger partial charge in [0.05, 0.1) is 12.7 Å². The van der Waals surface area contributed by atoms with E-state index in [0.717, 1.165) is 23.9 Å². The quantitative estimate of drug-likeness (QED) is 0.772. The van der Waals surface area contributed by atoms with Gasteiger partial charge in [-0.1, -0.05) is 12.2 Å². The van der Waals surface area contributed by atoms with Gasteiger partial charge in [0.25, 0.3) is 0 Å². The summed E-state index contributed by atoms with van der Waals surface area (Å²) in [6, 6.07) is 6.23. The summed E-state index contributed by atoms with van der Waals surface area (Å²) in [5, 5.41) is 0. The zero-order chi connectivity index (χ0) is 13.8. The Morgan fingerprint density at radius 1 is 1.47 bits per heavy atom. The molecule has 0 amide bonds. The van der Waals surface area contributed by atoms with Crippen molar-refractivity contribution in [2.24, 2.45) is 5.73 Å². The highest BCUT2D eigenvalue weighted by Crippen LogP contribution is 2.26. The Bertz CT molecular complexity index is 461. The molecule has 0 bridgehead atoms. The Morgan fingerprint density at radius 3 is 2.79 bits per heavy atom.